The molecule has 1 N–H and O–H groups in total. The molecule has 0 bridgehead atoms. The third kappa shape index (κ3) is 5.57. The maximum absolute atomic E-state index is 11.9. The number of amides is 1. The van der Waals surface area contributed by atoms with E-state index in [-0.39, 0.29) is 10.8 Å². The molecule has 23 heavy (non-hydrogen) atoms. The summed E-state index contributed by atoms with van der Waals surface area (Å²) in [6.07, 6.45) is 1.14. The maximum atomic E-state index is 11.9. The van der Waals surface area contributed by atoms with Crippen molar-refractivity contribution in [3.05, 3.63) is 59.1 Å². The van der Waals surface area contributed by atoms with Crippen molar-refractivity contribution in [3.63, 3.8) is 0 Å². The number of halogens is 1. The second-order valence-electron chi connectivity index (χ2n) is 4.93. The minimum absolute atomic E-state index is 0.144. The van der Waals surface area contributed by atoms with Crippen LogP contribution in [0.4, 0.5) is 5.69 Å². The lowest BCUT2D eigenvalue weighted by atomic mass is 10.2. The fourth-order valence-corrected chi connectivity index (χ4v) is 3.60. The molecule has 0 saturated heterocycles. The number of anilines is 1. The number of benzene rings is 2. The Hall–Kier alpha value is -1.50. The number of carbonyl (C=O) groups is 1. The molecule has 0 fully saturated rings. The van der Waals surface area contributed by atoms with Crippen LogP contribution in [0.5, 0.6) is 0 Å². The van der Waals surface area contributed by atoms with Gasteiger partial charge >= 0.3 is 0 Å². The van der Waals surface area contributed by atoms with Gasteiger partial charge in [-0.25, -0.2) is 8.42 Å². The van der Waals surface area contributed by atoms with Crippen molar-refractivity contribution in [2.45, 2.75) is 10.6 Å². The fourth-order valence-electron chi connectivity index (χ4n) is 1.85. The van der Waals surface area contributed by atoms with E-state index in [4.69, 9.17) is 11.6 Å². The summed E-state index contributed by atoms with van der Waals surface area (Å²) in [6.45, 7) is 0. The van der Waals surface area contributed by atoms with E-state index >= 15 is 0 Å². The topological polar surface area (TPSA) is 63.2 Å². The lowest BCUT2D eigenvalue weighted by Gasteiger charge is -2.07. The Balaban J connectivity index is 1.84. The third-order valence-electron chi connectivity index (χ3n) is 3.01. The van der Waals surface area contributed by atoms with Crippen LogP contribution in [0.2, 0.25) is 5.02 Å². The van der Waals surface area contributed by atoms with Gasteiger partial charge in [-0.1, -0.05) is 29.8 Å². The predicted molar refractivity (Wildman–Crippen MR) is 95.8 cm³/mol. The average molecular weight is 370 g/mol. The highest BCUT2D eigenvalue weighted by molar-refractivity contribution is 7.99. The van der Waals surface area contributed by atoms with Gasteiger partial charge in [-0.05, 0) is 35.9 Å². The van der Waals surface area contributed by atoms with Crippen molar-refractivity contribution in [2.75, 3.05) is 17.3 Å². The standard InChI is InChI=1S/C16H16ClNO3S2/c1-23(20,21)14-8-6-13(7-9-14)18-16(19)11-22-10-12-4-2-3-5-15(12)17/h2-9H,10-11H2,1H3,(H,18,19). The first kappa shape index (κ1) is 17.8. The normalized spacial score (nSPS) is 11.2. The second-order valence-corrected chi connectivity index (χ2v) is 8.34. The molecular formula is C16H16ClNO3S2. The first-order valence-corrected chi connectivity index (χ1v) is 10.2. The van der Waals surface area contributed by atoms with Crippen molar-refractivity contribution in [3.8, 4) is 0 Å². The molecule has 122 valence electrons. The molecule has 0 radical (unpaired) electrons. The van der Waals surface area contributed by atoms with Crippen LogP contribution >= 0.6 is 23.4 Å². The third-order valence-corrected chi connectivity index (χ3v) is 5.49. The van der Waals surface area contributed by atoms with Gasteiger partial charge in [0.25, 0.3) is 0 Å². The summed E-state index contributed by atoms with van der Waals surface area (Å²) in [5.74, 6) is 0.799. The van der Waals surface area contributed by atoms with Gasteiger partial charge in [-0.2, -0.15) is 0 Å². The Morgan fingerprint density at radius 2 is 1.78 bits per heavy atom. The maximum Gasteiger partial charge on any atom is 0.234 e. The van der Waals surface area contributed by atoms with Gasteiger partial charge in [-0.3, -0.25) is 4.79 Å². The van der Waals surface area contributed by atoms with Crippen LogP contribution < -0.4 is 5.32 Å². The summed E-state index contributed by atoms with van der Waals surface area (Å²) in [5, 5.41) is 3.43. The number of sulfone groups is 1. The molecule has 2 aromatic rings. The molecule has 2 aromatic carbocycles. The lowest BCUT2D eigenvalue weighted by Crippen LogP contribution is -2.14. The summed E-state index contributed by atoms with van der Waals surface area (Å²) in [4.78, 5) is 12.1. The highest BCUT2D eigenvalue weighted by Crippen LogP contribution is 2.21. The zero-order valence-electron chi connectivity index (χ0n) is 12.5. The van der Waals surface area contributed by atoms with Crippen LogP contribution in [0.1, 0.15) is 5.56 Å². The molecule has 1 amide bonds. The van der Waals surface area contributed by atoms with Gasteiger partial charge in [0.2, 0.25) is 5.91 Å². The number of rotatable bonds is 6. The van der Waals surface area contributed by atoms with E-state index in [9.17, 15) is 13.2 Å². The summed E-state index contributed by atoms with van der Waals surface area (Å²) in [6, 6.07) is 13.6. The molecule has 0 spiro atoms. The second kappa shape index (κ2) is 7.86. The van der Waals surface area contributed by atoms with E-state index < -0.39 is 9.84 Å². The van der Waals surface area contributed by atoms with Gasteiger partial charge < -0.3 is 5.32 Å². The Kier molecular flexibility index (Phi) is 6.10. The first-order chi connectivity index (χ1) is 10.9. The molecule has 0 aliphatic carbocycles. The largest absolute Gasteiger partial charge is 0.325 e. The molecule has 0 unspecified atom stereocenters. The number of thioether (sulfide) groups is 1. The minimum atomic E-state index is -3.23. The molecule has 0 atom stereocenters. The highest BCUT2D eigenvalue weighted by Gasteiger charge is 2.08. The van der Waals surface area contributed by atoms with Gasteiger partial charge in [0.05, 0.1) is 10.6 Å². The molecule has 4 nitrogen and oxygen atoms in total. The summed E-state index contributed by atoms with van der Waals surface area (Å²) < 4.78 is 22.7. The van der Waals surface area contributed by atoms with Crippen LogP contribution in [0.25, 0.3) is 0 Å². The highest BCUT2D eigenvalue weighted by atomic mass is 35.5. The zero-order chi connectivity index (χ0) is 16.9. The average Bonchev–Trinajstić information content (AvgIpc) is 2.49. The van der Waals surface area contributed by atoms with E-state index in [0.29, 0.717) is 22.2 Å². The van der Waals surface area contributed by atoms with E-state index in [0.717, 1.165) is 11.8 Å². The van der Waals surface area contributed by atoms with Crippen molar-refractivity contribution in [1.29, 1.82) is 0 Å². The summed E-state index contributed by atoms with van der Waals surface area (Å²) in [7, 11) is -3.23. The van der Waals surface area contributed by atoms with Gasteiger partial charge in [0, 0.05) is 22.7 Å². The Bertz CT molecular complexity index is 789. The molecule has 7 heteroatoms. The van der Waals surface area contributed by atoms with Crippen LogP contribution in [-0.2, 0) is 20.4 Å². The van der Waals surface area contributed by atoms with Crippen molar-refractivity contribution in [2.24, 2.45) is 0 Å². The Morgan fingerprint density at radius 1 is 1.13 bits per heavy atom. The van der Waals surface area contributed by atoms with Crippen LogP contribution in [0.3, 0.4) is 0 Å². The van der Waals surface area contributed by atoms with Crippen molar-refractivity contribution in [1.82, 2.24) is 0 Å². The predicted octanol–water partition coefficient (Wildman–Crippen LogP) is 3.62. The van der Waals surface area contributed by atoms with Crippen molar-refractivity contribution < 1.29 is 13.2 Å². The van der Waals surface area contributed by atoms with E-state index in [1.54, 1.807) is 12.1 Å². The summed E-state index contributed by atoms with van der Waals surface area (Å²) >= 11 is 7.52. The SMILES string of the molecule is CS(=O)(=O)c1ccc(NC(=O)CSCc2ccccc2Cl)cc1. The van der Waals surface area contributed by atoms with Gasteiger partial charge in [0.1, 0.15) is 0 Å². The number of hydrogen-bond donors (Lipinski definition) is 1. The molecule has 0 saturated carbocycles. The number of carbonyl (C=O) groups excluding carboxylic acids is 1. The minimum Gasteiger partial charge on any atom is -0.325 e. The first-order valence-electron chi connectivity index (χ1n) is 6.77. The van der Waals surface area contributed by atoms with E-state index in [1.165, 1.54) is 23.9 Å². The molecule has 2 rings (SSSR count). The Labute approximate surface area is 145 Å². The lowest BCUT2D eigenvalue weighted by molar-refractivity contribution is -0.113. The van der Waals surface area contributed by atoms with Crippen LogP contribution in [0.15, 0.2) is 53.4 Å². The van der Waals surface area contributed by atoms with Crippen LogP contribution in [0, 0.1) is 0 Å². The molecule has 0 heterocycles. The number of nitrogens with one attached hydrogen (secondary N) is 1. The van der Waals surface area contributed by atoms with Gasteiger partial charge in [-0.15, -0.1) is 11.8 Å². The summed E-state index contributed by atoms with van der Waals surface area (Å²) in [5.41, 5.74) is 1.56. The molecule has 0 aliphatic heterocycles. The molecule has 0 aromatic heterocycles. The Morgan fingerprint density at radius 3 is 2.39 bits per heavy atom. The van der Waals surface area contributed by atoms with E-state index in [2.05, 4.69) is 5.32 Å². The van der Waals surface area contributed by atoms with E-state index in [1.807, 2.05) is 24.3 Å². The smallest absolute Gasteiger partial charge is 0.234 e. The fraction of sp³-hybridized carbons (Fsp3) is 0.188. The molecule has 0 aliphatic rings. The number of hydrogen-bond acceptors (Lipinski definition) is 4. The van der Waals surface area contributed by atoms with Crippen molar-refractivity contribution >= 4 is 44.8 Å². The van der Waals surface area contributed by atoms with Crippen LogP contribution in [-0.4, -0.2) is 26.3 Å². The van der Waals surface area contributed by atoms with Gasteiger partial charge in [0.15, 0.2) is 9.84 Å². The monoisotopic (exact) mass is 369 g/mol. The zero-order valence-corrected chi connectivity index (χ0v) is 14.8. The quantitative estimate of drug-likeness (QED) is 0.844. The molecular weight excluding hydrogens is 354 g/mol.